The van der Waals surface area contributed by atoms with Crippen LogP contribution in [0.3, 0.4) is 0 Å². The lowest BCUT2D eigenvalue weighted by Crippen LogP contribution is -2.26. The first-order valence-electron chi connectivity index (χ1n) is 7.99. The molecule has 0 saturated heterocycles. The van der Waals surface area contributed by atoms with Crippen LogP contribution in [0.4, 0.5) is 8.78 Å². The van der Waals surface area contributed by atoms with Gasteiger partial charge in [-0.2, -0.15) is 8.78 Å². The topological polar surface area (TPSA) is 48.0 Å². The fourth-order valence-electron chi connectivity index (χ4n) is 2.61. The Hall–Kier alpha value is -2.48. The van der Waals surface area contributed by atoms with E-state index in [1.807, 2.05) is 0 Å². The SMILES string of the molecule is COc1ccc(CN(C)C(=O)c2ccc(SC(F)F)cc2)c(OC)c1OC. The van der Waals surface area contributed by atoms with Gasteiger partial charge in [0.15, 0.2) is 11.5 Å². The predicted octanol–water partition coefficient (Wildman–Crippen LogP) is 4.30. The summed E-state index contributed by atoms with van der Waals surface area (Å²) in [6, 6.07) is 9.63. The van der Waals surface area contributed by atoms with E-state index >= 15 is 0 Å². The van der Waals surface area contributed by atoms with E-state index in [-0.39, 0.29) is 12.5 Å². The van der Waals surface area contributed by atoms with Gasteiger partial charge in [0, 0.05) is 29.6 Å². The van der Waals surface area contributed by atoms with E-state index in [9.17, 15) is 13.6 Å². The van der Waals surface area contributed by atoms with E-state index in [0.717, 1.165) is 5.56 Å². The number of carbonyl (C=O) groups excluding carboxylic acids is 1. The summed E-state index contributed by atoms with van der Waals surface area (Å²) in [7, 11) is 6.21. The molecule has 0 bridgehead atoms. The van der Waals surface area contributed by atoms with Crippen molar-refractivity contribution in [2.75, 3.05) is 28.4 Å². The molecule has 0 spiro atoms. The lowest BCUT2D eigenvalue weighted by atomic mass is 10.1. The zero-order valence-electron chi connectivity index (χ0n) is 15.5. The monoisotopic (exact) mass is 397 g/mol. The Labute approximate surface area is 161 Å². The van der Waals surface area contributed by atoms with Crippen molar-refractivity contribution < 1.29 is 27.8 Å². The summed E-state index contributed by atoms with van der Waals surface area (Å²) in [6.07, 6.45) is 0. The van der Waals surface area contributed by atoms with Crippen LogP contribution in [0.2, 0.25) is 0 Å². The molecular formula is C19H21F2NO4S. The highest BCUT2D eigenvalue weighted by molar-refractivity contribution is 7.99. The van der Waals surface area contributed by atoms with E-state index in [2.05, 4.69) is 0 Å². The first kappa shape index (κ1) is 20.8. The Morgan fingerprint density at radius 2 is 1.63 bits per heavy atom. The summed E-state index contributed by atoms with van der Waals surface area (Å²) in [5, 5.41) is 0. The molecule has 0 N–H and O–H groups in total. The summed E-state index contributed by atoms with van der Waals surface area (Å²) in [5.74, 6) is -1.27. The second-order valence-electron chi connectivity index (χ2n) is 5.56. The number of ether oxygens (including phenoxy) is 3. The molecule has 0 unspecified atom stereocenters. The maximum atomic E-state index is 12.6. The van der Waals surface area contributed by atoms with Crippen molar-refractivity contribution in [3.05, 3.63) is 47.5 Å². The van der Waals surface area contributed by atoms with Gasteiger partial charge in [-0.15, -0.1) is 0 Å². The predicted molar refractivity (Wildman–Crippen MR) is 100 cm³/mol. The number of thioether (sulfide) groups is 1. The minimum Gasteiger partial charge on any atom is -0.493 e. The summed E-state index contributed by atoms with van der Waals surface area (Å²) < 4.78 is 40.8. The van der Waals surface area contributed by atoms with Crippen LogP contribution in [0.1, 0.15) is 15.9 Å². The van der Waals surface area contributed by atoms with Gasteiger partial charge in [-0.1, -0.05) is 11.8 Å². The second kappa shape index (κ2) is 9.45. The van der Waals surface area contributed by atoms with Gasteiger partial charge >= 0.3 is 0 Å². The van der Waals surface area contributed by atoms with Gasteiger partial charge in [-0.3, -0.25) is 4.79 Å². The zero-order valence-corrected chi connectivity index (χ0v) is 16.3. The van der Waals surface area contributed by atoms with Crippen LogP contribution in [0.5, 0.6) is 17.2 Å². The quantitative estimate of drug-likeness (QED) is 0.622. The van der Waals surface area contributed by atoms with Crippen molar-refractivity contribution in [3.63, 3.8) is 0 Å². The molecule has 0 saturated carbocycles. The number of amides is 1. The number of benzene rings is 2. The number of hydrogen-bond acceptors (Lipinski definition) is 5. The third-order valence-corrected chi connectivity index (χ3v) is 4.59. The van der Waals surface area contributed by atoms with Crippen molar-refractivity contribution in [3.8, 4) is 17.2 Å². The normalized spacial score (nSPS) is 10.6. The average molecular weight is 397 g/mol. The summed E-state index contributed by atoms with van der Waals surface area (Å²) in [4.78, 5) is 14.6. The molecule has 0 heterocycles. The lowest BCUT2D eigenvalue weighted by Gasteiger charge is -2.21. The third kappa shape index (κ3) is 5.03. The summed E-state index contributed by atoms with van der Waals surface area (Å²) in [6.45, 7) is 0.274. The highest BCUT2D eigenvalue weighted by atomic mass is 32.2. The molecule has 2 aromatic rings. The van der Waals surface area contributed by atoms with Gasteiger partial charge < -0.3 is 19.1 Å². The molecular weight excluding hydrogens is 376 g/mol. The highest BCUT2D eigenvalue weighted by Gasteiger charge is 2.19. The van der Waals surface area contributed by atoms with Crippen molar-refractivity contribution in [2.24, 2.45) is 0 Å². The maximum absolute atomic E-state index is 12.6. The summed E-state index contributed by atoms with van der Waals surface area (Å²) >= 11 is 0.442. The van der Waals surface area contributed by atoms with E-state index in [1.165, 1.54) is 50.5 Å². The van der Waals surface area contributed by atoms with Crippen LogP contribution in [0, 0.1) is 0 Å². The molecule has 0 radical (unpaired) electrons. The number of carbonyl (C=O) groups is 1. The van der Waals surface area contributed by atoms with Gasteiger partial charge in [0.2, 0.25) is 5.75 Å². The fourth-order valence-corrected chi connectivity index (χ4v) is 3.11. The van der Waals surface area contributed by atoms with Gasteiger partial charge in [0.05, 0.1) is 21.3 Å². The molecule has 2 aromatic carbocycles. The maximum Gasteiger partial charge on any atom is 0.288 e. The number of alkyl halides is 2. The van der Waals surface area contributed by atoms with Crippen LogP contribution in [0.15, 0.2) is 41.3 Å². The first-order valence-corrected chi connectivity index (χ1v) is 8.87. The average Bonchev–Trinajstić information content (AvgIpc) is 2.66. The molecule has 0 fully saturated rings. The Bertz CT molecular complexity index is 784. The van der Waals surface area contributed by atoms with E-state index in [0.29, 0.717) is 39.5 Å². The molecule has 0 aromatic heterocycles. The summed E-state index contributed by atoms with van der Waals surface area (Å²) in [5.41, 5.74) is 1.16. The molecule has 1 amide bonds. The van der Waals surface area contributed by atoms with Crippen LogP contribution < -0.4 is 14.2 Å². The standard InChI is InChI=1S/C19H21F2NO4S/c1-22(18(23)12-5-8-14(9-6-12)27-19(20)21)11-13-7-10-15(24-2)17(26-4)16(13)25-3/h5-10,19H,11H2,1-4H3. The molecule has 0 aliphatic carbocycles. The third-order valence-electron chi connectivity index (χ3n) is 3.87. The molecule has 146 valence electrons. The Kier molecular flexibility index (Phi) is 7.29. The second-order valence-corrected chi connectivity index (χ2v) is 6.62. The Morgan fingerprint density at radius 1 is 1.00 bits per heavy atom. The molecule has 27 heavy (non-hydrogen) atoms. The molecule has 0 atom stereocenters. The molecule has 5 nitrogen and oxygen atoms in total. The molecule has 2 rings (SSSR count). The van der Waals surface area contributed by atoms with Crippen molar-refractivity contribution >= 4 is 17.7 Å². The van der Waals surface area contributed by atoms with Crippen LogP contribution >= 0.6 is 11.8 Å². The molecule has 0 aliphatic heterocycles. The van der Waals surface area contributed by atoms with E-state index < -0.39 is 5.76 Å². The minimum absolute atomic E-state index is 0.236. The van der Waals surface area contributed by atoms with Crippen LogP contribution in [-0.2, 0) is 6.54 Å². The first-order chi connectivity index (χ1) is 12.9. The Morgan fingerprint density at radius 3 is 2.15 bits per heavy atom. The number of nitrogens with zero attached hydrogens (tertiary/aromatic N) is 1. The fraction of sp³-hybridized carbons (Fsp3) is 0.316. The number of rotatable bonds is 8. The Balaban J connectivity index is 2.19. The van der Waals surface area contributed by atoms with Crippen molar-refractivity contribution in [1.29, 1.82) is 0 Å². The lowest BCUT2D eigenvalue weighted by molar-refractivity contribution is 0.0784. The van der Waals surface area contributed by atoms with Gasteiger partial charge in [0.25, 0.3) is 11.7 Å². The van der Waals surface area contributed by atoms with Crippen LogP contribution in [0.25, 0.3) is 0 Å². The number of methoxy groups -OCH3 is 3. The van der Waals surface area contributed by atoms with Gasteiger partial charge in [-0.05, 0) is 36.4 Å². The highest BCUT2D eigenvalue weighted by Crippen LogP contribution is 2.40. The van der Waals surface area contributed by atoms with E-state index in [1.54, 1.807) is 19.2 Å². The largest absolute Gasteiger partial charge is 0.493 e. The number of halogens is 2. The number of hydrogen-bond donors (Lipinski definition) is 0. The zero-order chi connectivity index (χ0) is 20.0. The van der Waals surface area contributed by atoms with E-state index in [4.69, 9.17) is 14.2 Å². The van der Waals surface area contributed by atoms with Crippen molar-refractivity contribution in [1.82, 2.24) is 4.90 Å². The molecule has 0 aliphatic rings. The van der Waals surface area contributed by atoms with Crippen molar-refractivity contribution in [2.45, 2.75) is 17.2 Å². The van der Waals surface area contributed by atoms with Gasteiger partial charge in [0.1, 0.15) is 0 Å². The molecule has 8 heteroatoms. The van der Waals surface area contributed by atoms with Gasteiger partial charge in [-0.25, -0.2) is 0 Å². The minimum atomic E-state index is -2.49. The smallest absolute Gasteiger partial charge is 0.288 e. The van der Waals surface area contributed by atoms with Crippen LogP contribution in [-0.4, -0.2) is 44.9 Å².